The number of imidazole rings is 1. The molecule has 0 amide bonds. The molecule has 0 aliphatic carbocycles. The maximum atomic E-state index is 11.2. The fraction of sp³-hybridized carbons (Fsp3) is 0.375. The molecule has 0 unspecified atom stereocenters. The number of methoxy groups -OCH3 is 2. The van der Waals surface area contributed by atoms with Gasteiger partial charge in [0.25, 0.3) is 0 Å². The number of halogens is 1. The average Bonchev–Trinajstić information content (AvgIpc) is 2.58. The van der Waals surface area contributed by atoms with Crippen molar-refractivity contribution in [3.05, 3.63) is 16.7 Å². The molecule has 0 aliphatic heterocycles. The van der Waals surface area contributed by atoms with E-state index in [1.54, 1.807) is 0 Å². The zero-order valence-electron chi connectivity index (χ0n) is 8.17. The van der Waals surface area contributed by atoms with Gasteiger partial charge in [-0.3, -0.25) is 4.79 Å². The van der Waals surface area contributed by atoms with Crippen LogP contribution >= 0.6 is 11.6 Å². The molecule has 0 spiro atoms. The Hall–Kier alpha value is -1.56. The summed E-state index contributed by atoms with van der Waals surface area (Å²) in [5, 5.41) is 0.0225. The van der Waals surface area contributed by atoms with E-state index < -0.39 is 11.9 Å². The van der Waals surface area contributed by atoms with Gasteiger partial charge in [0.15, 0.2) is 5.69 Å². The van der Waals surface area contributed by atoms with Crippen molar-refractivity contribution < 1.29 is 19.1 Å². The van der Waals surface area contributed by atoms with Crippen molar-refractivity contribution in [1.29, 1.82) is 0 Å². The Morgan fingerprint density at radius 3 is 2.60 bits per heavy atom. The molecule has 1 aromatic heterocycles. The summed E-state index contributed by atoms with van der Waals surface area (Å²) in [6.45, 7) is 0. The Morgan fingerprint density at radius 2 is 2.07 bits per heavy atom. The van der Waals surface area contributed by atoms with Crippen molar-refractivity contribution in [2.24, 2.45) is 0 Å². The first kappa shape index (κ1) is 11.5. The first-order valence-electron chi connectivity index (χ1n) is 3.98. The topological polar surface area (TPSA) is 81.3 Å². The normalized spacial score (nSPS) is 9.80. The predicted molar refractivity (Wildman–Crippen MR) is 50.7 cm³/mol. The third-order valence-electron chi connectivity index (χ3n) is 1.68. The molecule has 0 saturated carbocycles. The lowest BCUT2D eigenvalue weighted by molar-refractivity contribution is -0.139. The smallest absolute Gasteiger partial charge is 0.358 e. The SMILES string of the molecule is COC(=O)Cc1[nH]c(Cl)nc1C(=O)OC. The Balaban J connectivity index is 2.96. The maximum absolute atomic E-state index is 11.2. The molecule has 0 bridgehead atoms. The molecule has 0 atom stereocenters. The van der Waals surface area contributed by atoms with E-state index in [2.05, 4.69) is 19.4 Å². The first-order chi connectivity index (χ1) is 7.08. The monoisotopic (exact) mass is 232 g/mol. The molecule has 1 heterocycles. The van der Waals surface area contributed by atoms with Gasteiger partial charge in [-0.1, -0.05) is 0 Å². The van der Waals surface area contributed by atoms with Gasteiger partial charge in [-0.2, -0.15) is 0 Å². The van der Waals surface area contributed by atoms with Crippen LogP contribution in [0.5, 0.6) is 0 Å². The maximum Gasteiger partial charge on any atom is 0.358 e. The minimum atomic E-state index is -0.656. The van der Waals surface area contributed by atoms with Crippen LogP contribution in [0, 0.1) is 0 Å². The van der Waals surface area contributed by atoms with Crippen LogP contribution in [0.1, 0.15) is 16.2 Å². The van der Waals surface area contributed by atoms with E-state index in [-0.39, 0.29) is 23.1 Å². The number of ether oxygens (including phenoxy) is 2. The summed E-state index contributed by atoms with van der Waals surface area (Å²) in [7, 11) is 2.46. The summed E-state index contributed by atoms with van der Waals surface area (Å²) in [6.07, 6.45) is -0.110. The van der Waals surface area contributed by atoms with Gasteiger partial charge >= 0.3 is 11.9 Å². The third kappa shape index (κ3) is 2.69. The number of carbonyl (C=O) groups excluding carboxylic acids is 2. The Labute approximate surface area is 90.5 Å². The predicted octanol–water partition coefficient (Wildman–Crippen LogP) is 0.565. The first-order valence-corrected chi connectivity index (χ1v) is 4.35. The summed E-state index contributed by atoms with van der Waals surface area (Å²) in [5.74, 6) is -1.16. The summed E-state index contributed by atoms with van der Waals surface area (Å²) in [6, 6.07) is 0. The van der Waals surface area contributed by atoms with Crippen molar-refractivity contribution in [2.45, 2.75) is 6.42 Å². The van der Waals surface area contributed by atoms with Gasteiger partial charge in [-0.25, -0.2) is 9.78 Å². The number of H-pyrrole nitrogens is 1. The summed E-state index contributed by atoms with van der Waals surface area (Å²) >= 11 is 5.57. The molecule has 0 aliphatic rings. The van der Waals surface area contributed by atoms with E-state index in [1.807, 2.05) is 0 Å². The van der Waals surface area contributed by atoms with E-state index in [4.69, 9.17) is 11.6 Å². The molecule has 7 heteroatoms. The molecule has 0 aromatic carbocycles. The number of hydrogen-bond donors (Lipinski definition) is 1. The summed E-state index contributed by atoms with van der Waals surface area (Å²) < 4.78 is 8.92. The highest BCUT2D eigenvalue weighted by Gasteiger charge is 2.19. The number of carbonyl (C=O) groups is 2. The number of rotatable bonds is 3. The van der Waals surface area contributed by atoms with Crippen molar-refractivity contribution >= 4 is 23.5 Å². The molecule has 1 rings (SSSR count). The van der Waals surface area contributed by atoms with Crippen LogP contribution < -0.4 is 0 Å². The molecule has 0 radical (unpaired) electrons. The molecular weight excluding hydrogens is 224 g/mol. The second kappa shape index (κ2) is 4.79. The number of aromatic amines is 1. The van der Waals surface area contributed by atoms with Gasteiger partial charge in [0, 0.05) is 0 Å². The fourth-order valence-electron chi connectivity index (χ4n) is 0.987. The minimum absolute atomic E-state index is 0.00657. The Bertz CT molecular complexity index is 388. The largest absolute Gasteiger partial charge is 0.469 e. The van der Waals surface area contributed by atoms with Crippen molar-refractivity contribution in [3.63, 3.8) is 0 Å². The standard InChI is InChI=1S/C8H9ClN2O4/c1-14-5(12)3-4-6(7(13)15-2)11-8(9)10-4/h3H2,1-2H3,(H,10,11). The van der Waals surface area contributed by atoms with E-state index in [0.29, 0.717) is 0 Å². The van der Waals surface area contributed by atoms with Crippen LogP contribution in [0.4, 0.5) is 0 Å². The molecule has 82 valence electrons. The molecular formula is C8H9ClN2O4. The van der Waals surface area contributed by atoms with Gasteiger partial charge in [-0.05, 0) is 11.6 Å². The van der Waals surface area contributed by atoms with Crippen LogP contribution in [0.25, 0.3) is 0 Å². The zero-order chi connectivity index (χ0) is 11.4. The average molecular weight is 233 g/mol. The van der Waals surface area contributed by atoms with Crippen molar-refractivity contribution in [1.82, 2.24) is 9.97 Å². The van der Waals surface area contributed by atoms with Crippen LogP contribution in [0.2, 0.25) is 5.28 Å². The van der Waals surface area contributed by atoms with E-state index in [0.717, 1.165) is 0 Å². The fourth-order valence-corrected chi connectivity index (χ4v) is 1.19. The van der Waals surface area contributed by atoms with Crippen molar-refractivity contribution in [2.75, 3.05) is 14.2 Å². The number of nitrogens with zero attached hydrogens (tertiary/aromatic N) is 1. The highest BCUT2D eigenvalue weighted by atomic mass is 35.5. The molecule has 1 N–H and O–H groups in total. The van der Waals surface area contributed by atoms with Crippen LogP contribution in [-0.4, -0.2) is 36.1 Å². The van der Waals surface area contributed by atoms with Gasteiger partial charge in [0.2, 0.25) is 5.28 Å². The lowest BCUT2D eigenvalue weighted by Gasteiger charge is -1.99. The van der Waals surface area contributed by atoms with E-state index in [9.17, 15) is 9.59 Å². The van der Waals surface area contributed by atoms with Gasteiger partial charge in [0.1, 0.15) is 0 Å². The highest BCUT2D eigenvalue weighted by molar-refractivity contribution is 6.28. The number of hydrogen-bond acceptors (Lipinski definition) is 5. The van der Waals surface area contributed by atoms with E-state index >= 15 is 0 Å². The lowest BCUT2D eigenvalue weighted by atomic mass is 10.2. The molecule has 6 nitrogen and oxygen atoms in total. The number of esters is 2. The van der Waals surface area contributed by atoms with Gasteiger partial charge in [0.05, 0.1) is 26.3 Å². The van der Waals surface area contributed by atoms with Gasteiger partial charge in [-0.15, -0.1) is 0 Å². The van der Waals surface area contributed by atoms with E-state index in [1.165, 1.54) is 14.2 Å². The quantitative estimate of drug-likeness (QED) is 0.771. The van der Waals surface area contributed by atoms with Crippen molar-refractivity contribution in [3.8, 4) is 0 Å². The molecule has 15 heavy (non-hydrogen) atoms. The Morgan fingerprint density at radius 1 is 1.40 bits per heavy atom. The summed E-state index contributed by atoms with van der Waals surface area (Å²) in [4.78, 5) is 28.5. The summed E-state index contributed by atoms with van der Waals surface area (Å²) in [5.41, 5.74) is 0.270. The number of aromatic nitrogens is 2. The zero-order valence-corrected chi connectivity index (χ0v) is 8.92. The second-order valence-electron chi connectivity index (χ2n) is 2.60. The van der Waals surface area contributed by atoms with Crippen LogP contribution in [0.3, 0.4) is 0 Å². The molecule has 1 aromatic rings. The molecule has 0 saturated heterocycles. The van der Waals surface area contributed by atoms with Gasteiger partial charge < -0.3 is 14.5 Å². The highest BCUT2D eigenvalue weighted by Crippen LogP contribution is 2.12. The third-order valence-corrected chi connectivity index (χ3v) is 1.86. The second-order valence-corrected chi connectivity index (χ2v) is 2.96. The lowest BCUT2D eigenvalue weighted by Crippen LogP contribution is -2.11. The Kier molecular flexibility index (Phi) is 3.68. The minimum Gasteiger partial charge on any atom is -0.469 e. The number of nitrogens with one attached hydrogen (secondary N) is 1. The van der Waals surface area contributed by atoms with Crippen LogP contribution in [-0.2, 0) is 20.7 Å². The molecule has 0 fully saturated rings. The van der Waals surface area contributed by atoms with Crippen LogP contribution in [0.15, 0.2) is 0 Å².